The summed E-state index contributed by atoms with van der Waals surface area (Å²) in [5, 5.41) is 7.79. The zero-order valence-corrected chi connectivity index (χ0v) is 20.0. The highest BCUT2D eigenvalue weighted by molar-refractivity contribution is 9.10. The minimum absolute atomic E-state index is 0.0737. The van der Waals surface area contributed by atoms with E-state index in [9.17, 15) is 9.59 Å². The van der Waals surface area contributed by atoms with Crippen LogP contribution in [0, 0.1) is 19.8 Å². The van der Waals surface area contributed by atoms with Crippen molar-refractivity contribution in [3.05, 3.63) is 45.7 Å². The lowest BCUT2D eigenvalue weighted by atomic mass is 9.87. The molecule has 2 aliphatic rings. The Morgan fingerprint density at radius 3 is 2.29 bits per heavy atom. The van der Waals surface area contributed by atoms with Crippen LogP contribution in [0.15, 0.2) is 28.7 Å². The number of nitrogens with one attached hydrogen (secondary N) is 1. The topological polar surface area (TPSA) is 67.2 Å². The lowest BCUT2D eigenvalue weighted by Crippen LogP contribution is -2.48. The van der Waals surface area contributed by atoms with Crippen LogP contribution >= 0.6 is 15.9 Å². The summed E-state index contributed by atoms with van der Waals surface area (Å²) >= 11 is 3.45. The summed E-state index contributed by atoms with van der Waals surface area (Å²) in [6, 6.07) is 7.98. The van der Waals surface area contributed by atoms with E-state index in [-0.39, 0.29) is 17.9 Å². The van der Waals surface area contributed by atoms with Gasteiger partial charge >= 0.3 is 0 Å². The smallest absolute Gasteiger partial charge is 0.255 e. The summed E-state index contributed by atoms with van der Waals surface area (Å²) in [6.07, 6.45) is 7.30. The van der Waals surface area contributed by atoms with Gasteiger partial charge in [-0.1, -0.05) is 35.2 Å². The molecular formula is C24H31BrN4O2. The van der Waals surface area contributed by atoms with Gasteiger partial charge in [0.25, 0.3) is 5.91 Å². The number of aromatic nitrogens is 2. The number of amides is 2. The van der Waals surface area contributed by atoms with Crippen LogP contribution in [0.3, 0.4) is 0 Å². The number of aryl methyl sites for hydroxylation is 1. The Balaban J connectivity index is 1.37. The van der Waals surface area contributed by atoms with E-state index in [1.54, 1.807) is 0 Å². The second-order valence-electron chi connectivity index (χ2n) is 8.84. The predicted molar refractivity (Wildman–Crippen MR) is 124 cm³/mol. The van der Waals surface area contributed by atoms with E-state index in [2.05, 4.69) is 26.3 Å². The van der Waals surface area contributed by atoms with E-state index in [0.717, 1.165) is 60.3 Å². The quantitative estimate of drug-likeness (QED) is 0.688. The molecular weight excluding hydrogens is 456 g/mol. The zero-order chi connectivity index (χ0) is 22.0. The zero-order valence-electron chi connectivity index (χ0n) is 18.4. The molecule has 1 aliphatic carbocycles. The molecule has 4 rings (SSSR count). The Labute approximate surface area is 192 Å². The van der Waals surface area contributed by atoms with Crippen LogP contribution in [0.2, 0.25) is 0 Å². The molecule has 2 amide bonds. The van der Waals surface area contributed by atoms with E-state index in [4.69, 9.17) is 0 Å². The summed E-state index contributed by atoms with van der Waals surface area (Å²) < 4.78 is 2.83. The molecule has 7 heteroatoms. The fourth-order valence-electron chi connectivity index (χ4n) is 4.91. The van der Waals surface area contributed by atoms with E-state index < -0.39 is 0 Å². The average molecular weight is 487 g/mol. The molecule has 1 aromatic heterocycles. The number of benzene rings is 1. The number of piperidine rings is 1. The Kier molecular flexibility index (Phi) is 6.80. The van der Waals surface area contributed by atoms with Gasteiger partial charge in [0.1, 0.15) is 0 Å². The van der Waals surface area contributed by atoms with Crippen molar-refractivity contribution in [3.8, 4) is 5.69 Å². The average Bonchev–Trinajstić information content (AvgIpc) is 3.09. The molecule has 1 saturated carbocycles. The first-order valence-corrected chi connectivity index (χ1v) is 12.1. The molecule has 2 aromatic rings. The van der Waals surface area contributed by atoms with Gasteiger partial charge in [0.05, 0.1) is 22.6 Å². The summed E-state index contributed by atoms with van der Waals surface area (Å²) in [5.41, 5.74) is 3.13. The van der Waals surface area contributed by atoms with Gasteiger partial charge in [-0.3, -0.25) is 9.59 Å². The maximum Gasteiger partial charge on any atom is 0.255 e. The first-order chi connectivity index (χ1) is 14.9. The third-order valence-electron chi connectivity index (χ3n) is 6.69. The van der Waals surface area contributed by atoms with E-state index in [1.165, 1.54) is 19.3 Å². The number of likely N-dealkylation sites (tertiary alicyclic amines) is 1. The lowest BCUT2D eigenvalue weighted by molar-refractivity contribution is -0.137. The fourth-order valence-corrected chi connectivity index (χ4v) is 5.18. The molecule has 1 aromatic carbocycles. The molecule has 166 valence electrons. The van der Waals surface area contributed by atoms with Gasteiger partial charge in [-0.05, 0) is 63.8 Å². The molecule has 0 unspecified atom stereocenters. The van der Waals surface area contributed by atoms with E-state index >= 15 is 0 Å². The molecule has 31 heavy (non-hydrogen) atoms. The Morgan fingerprint density at radius 1 is 1.00 bits per heavy atom. The van der Waals surface area contributed by atoms with Crippen molar-refractivity contribution in [2.45, 2.75) is 64.8 Å². The van der Waals surface area contributed by atoms with Crippen LogP contribution in [-0.2, 0) is 4.79 Å². The van der Waals surface area contributed by atoms with Crippen LogP contribution in [-0.4, -0.2) is 45.6 Å². The second-order valence-corrected chi connectivity index (χ2v) is 9.76. The Morgan fingerprint density at radius 2 is 1.65 bits per heavy atom. The number of hydrogen-bond donors (Lipinski definition) is 1. The van der Waals surface area contributed by atoms with E-state index in [1.807, 2.05) is 47.7 Å². The molecule has 0 spiro atoms. The highest BCUT2D eigenvalue weighted by Crippen LogP contribution is 2.27. The standard InChI is InChI=1S/C24H31BrN4O2/c1-16-22(17(2)29(27-16)21-10-8-19(25)9-11-21)23(30)26-20-12-14-28(15-13-20)24(31)18-6-4-3-5-7-18/h8-11,18,20H,3-7,12-15H2,1-2H3,(H,26,30). The van der Waals surface area contributed by atoms with Crippen molar-refractivity contribution in [2.24, 2.45) is 5.92 Å². The number of rotatable bonds is 4. The minimum Gasteiger partial charge on any atom is -0.349 e. The Hall–Kier alpha value is -2.15. The molecule has 2 fully saturated rings. The van der Waals surface area contributed by atoms with Gasteiger partial charge in [0.15, 0.2) is 0 Å². The largest absolute Gasteiger partial charge is 0.349 e. The normalized spacial score (nSPS) is 18.2. The summed E-state index contributed by atoms with van der Waals surface area (Å²) in [4.78, 5) is 27.9. The van der Waals surface area contributed by atoms with Gasteiger partial charge < -0.3 is 10.2 Å². The molecule has 1 aliphatic heterocycles. The highest BCUT2D eigenvalue weighted by Gasteiger charge is 2.30. The first-order valence-electron chi connectivity index (χ1n) is 11.4. The Bertz CT molecular complexity index is 939. The molecule has 1 saturated heterocycles. The van der Waals surface area contributed by atoms with Gasteiger partial charge in [-0.15, -0.1) is 0 Å². The van der Waals surface area contributed by atoms with Crippen molar-refractivity contribution in [1.82, 2.24) is 20.0 Å². The molecule has 0 radical (unpaired) electrons. The van der Waals surface area contributed by atoms with E-state index in [0.29, 0.717) is 11.5 Å². The highest BCUT2D eigenvalue weighted by atomic mass is 79.9. The SMILES string of the molecule is Cc1nn(-c2ccc(Br)cc2)c(C)c1C(=O)NC1CCN(C(=O)C2CCCCC2)CC1. The maximum atomic E-state index is 13.1. The van der Waals surface area contributed by atoms with Crippen molar-refractivity contribution >= 4 is 27.7 Å². The molecule has 0 bridgehead atoms. The predicted octanol–water partition coefficient (Wildman–Crippen LogP) is 4.55. The van der Waals surface area contributed by atoms with Crippen LogP contribution in [0.4, 0.5) is 0 Å². The van der Waals surface area contributed by atoms with Crippen molar-refractivity contribution in [3.63, 3.8) is 0 Å². The molecule has 1 N–H and O–H groups in total. The van der Waals surface area contributed by atoms with Gasteiger partial charge in [0, 0.05) is 29.5 Å². The van der Waals surface area contributed by atoms with Crippen LogP contribution in [0.1, 0.15) is 66.7 Å². The number of halogens is 1. The molecule has 0 atom stereocenters. The lowest BCUT2D eigenvalue weighted by Gasteiger charge is -2.35. The monoisotopic (exact) mass is 486 g/mol. The maximum absolute atomic E-state index is 13.1. The second kappa shape index (κ2) is 9.55. The van der Waals surface area contributed by atoms with Gasteiger partial charge in [0.2, 0.25) is 5.91 Å². The summed E-state index contributed by atoms with van der Waals surface area (Å²) in [7, 11) is 0. The number of carbonyl (C=O) groups is 2. The third-order valence-corrected chi connectivity index (χ3v) is 7.21. The van der Waals surface area contributed by atoms with Crippen LogP contribution in [0.5, 0.6) is 0 Å². The first kappa shape index (κ1) is 22.1. The van der Waals surface area contributed by atoms with Crippen molar-refractivity contribution in [1.29, 1.82) is 0 Å². The number of carbonyl (C=O) groups excluding carboxylic acids is 2. The number of nitrogens with zero attached hydrogens (tertiary/aromatic N) is 3. The van der Waals surface area contributed by atoms with Crippen LogP contribution < -0.4 is 5.32 Å². The summed E-state index contributed by atoms with van der Waals surface area (Å²) in [5.74, 6) is 0.469. The van der Waals surface area contributed by atoms with Crippen molar-refractivity contribution in [2.75, 3.05) is 13.1 Å². The number of hydrogen-bond acceptors (Lipinski definition) is 3. The third kappa shape index (κ3) is 4.86. The summed E-state index contributed by atoms with van der Waals surface area (Å²) in [6.45, 7) is 5.28. The van der Waals surface area contributed by atoms with Gasteiger partial charge in [-0.2, -0.15) is 5.10 Å². The van der Waals surface area contributed by atoms with Crippen LogP contribution in [0.25, 0.3) is 5.69 Å². The molecule has 6 nitrogen and oxygen atoms in total. The minimum atomic E-state index is -0.0737. The van der Waals surface area contributed by atoms with Gasteiger partial charge in [-0.25, -0.2) is 4.68 Å². The molecule has 2 heterocycles. The fraction of sp³-hybridized carbons (Fsp3) is 0.542. The van der Waals surface area contributed by atoms with Crippen molar-refractivity contribution < 1.29 is 9.59 Å².